The number of pyridine rings is 1. The number of halogens is 1. The first-order valence-electron chi connectivity index (χ1n) is 3.97. The Morgan fingerprint density at radius 1 is 1.21 bits per heavy atom. The van der Waals surface area contributed by atoms with E-state index in [2.05, 4.69) is 4.98 Å². The molecule has 0 saturated carbocycles. The van der Waals surface area contributed by atoms with Crippen LogP contribution in [0.15, 0.2) is 35.1 Å². The lowest BCUT2D eigenvalue weighted by atomic mass is 10.2. The van der Waals surface area contributed by atoms with E-state index in [-0.39, 0.29) is 18.0 Å². The Morgan fingerprint density at radius 2 is 1.93 bits per heavy atom. The van der Waals surface area contributed by atoms with E-state index in [1.54, 1.807) is 19.2 Å². The summed E-state index contributed by atoms with van der Waals surface area (Å²) in [6.07, 6.45) is 0. The average molecular weight is 212 g/mol. The van der Waals surface area contributed by atoms with Crippen molar-refractivity contribution in [3.8, 4) is 5.75 Å². The van der Waals surface area contributed by atoms with Gasteiger partial charge in [0.05, 0.1) is 12.6 Å². The number of ether oxygens (including phenoxy) is 1. The maximum atomic E-state index is 11.0. The summed E-state index contributed by atoms with van der Waals surface area (Å²) >= 11 is 0. The minimum atomic E-state index is -0.0965. The van der Waals surface area contributed by atoms with Gasteiger partial charge in [0.15, 0.2) is 0 Å². The molecule has 74 valence electrons. The summed E-state index contributed by atoms with van der Waals surface area (Å²) in [5.74, 6) is 0.745. The van der Waals surface area contributed by atoms with Crippen LogP contribution in [0.2, 0.25) is 0 Å². The van der Waals surface area contributed by atoms with Crippen LogP contribution in [0.4, 0.5) is 0 Å². The topological polar surface area (TPSA) is 42.1 Å². The van der Waals surface area contributed by atoms with Gasteiger partial charge in [-0.05, 0) is 23.6 Å². The second-order valence-electron chi connectivity index (χ2n) is 2.78. The van der Waals surface area contributed by atoms with Gasteiger partial charge in [-0.3, -0.25) is 4.79 Å². The second kappa shape index (κ2) is 4.15. The zero-order valence-electron chi connectivity index (χ0n) is 7.61. The molecule has 1 aromatic heterocycles. The minimum Gasteiger partial charge on any atom is -0.497 e. The quantitative estimate of drug-likeness (QED) is 0.784. The van der Waals surface area contributed by atoms with Gasteiger partial charge in [-0.15, -0.1) is 12.4 Å². The van der Waals surface area contributed by atoms with E-state index < -0.39 is 0 Å². The number of H-pyrrole nitrogens is 1. The molecule has 0 radical (unpaired) electrons. The molecule has 1 aromatic carbocycles. The van der Waals surface area contributed by atoms with Crippen molar-refractivity contribution in [2.75, 3.05) is 7.11 Å². The van der Waals surface area contributed by atoms with Crippen molar-refractivity contribution in [3.05, 3.63) is 40.7 Å². The van der Waals surface area contributed by atoms with Gasteiger partial charge >= 0.3 is 0 Å². The normalized spacial score (nSPS) is 9.50. The predicted molar refractivity (Wildman–Crippen MR) is 58.4 cm³/mol. The van der Waals surface area contributed by atoms with Crippen molar-refractivity contribution >= 4 is 23.3 Å². The third-order valence-corrected chi connectivity index (χ3v) is 1.93. The molecule has 0 amide bonds. The second-order valence-corrected chi connectivity index (χ2v) is 2.78. The predicted octanol–water partition coefficient (Wildman–Crippen LogP) is 1.96. The van der Waals surface area contributed by atoms with E-state index >= 15 is 0 Å². The Bertz CT molecular complexity index is 493. The fraction of sp³-hybridized carbons (Fsp3) is 0.100. The number of benzene rings is 1. The number of methoxy groups -OCH3 is 1. The maximum absolute atomic E-state index is 11.0. The average Bonchev–Trinajstić information content (AvgIpc) is 2.16. The van der Waals surface area contributed by atoms with Crippen LogP contribution in [-0.2, 0) is 0 Å². The Hall–Kier alpha value is -1.48. The van der Waals surface area contributed by atoms with Gasteiger partial charge in [-0.25, -0.2) is 0 Å². The lowest BCUT2D eigenvalue weighted by Gasteiger charge is -2.00. The maximum Gasteiger partial charge on any atom is 0.248 e. The number of hydrogen-bond donors (Lipinski definition) is 1. The summed E-state index contributed by atoms with van der Waals surface area (Å²) in [6.45, 7) is 0. The third-order valence-electron chi connectivity index (χ3n) is 1.93. The zero-order valence-corrected chi connectivity index (χ0v) is 8.43. The summed E-state index contributed by atoms with van der Waals surface area (Å²) in [5, 5.41) is 1.00. The zero-order chi connectivity index (χ0) is 9.26. The van der Waals surface area contributed by atoms with Crippen LogP contribution >= 0.6 is 12.4 Å². The standard InChI is InChI=1S/C10H9NO2.ClH/c1-13-8-4-2-7-3-5-10(12)11-9(7)6-8;/h2-6H,1H3,(H,11,12);1H. The monoisotopic (exact) mass is 211 g/mol. The molecular weight excluding hydrogens is 202 g/mol. The molecule has 2 rings (SSSR count). The van der Waals surface area contributed by atoms with Gasteiger partial charge in [0.1, 0.15) is 5.75 Å². The molecule has 0 aliphatic heterocycles. The van der Waals surface area contributed by atoms with Crippen molar-refractivity contribution < 1.29 is 4.74 Å². The van der Waals surface area contributed by atoms with Crippen LogP contribution in [0.3, 0.4) is 0 Å². The fourth-order valence-corrected chi connectivity index (χ4v) is 1.26. The van der Waals surface area contributed by atoms with Crippen LogP contribution in [0.5, 0.6) is 5.75 Å². The summed E-state index contributed by atoms with van der Waals surface area (Å²) in [6, 6.07) is 8.86. The lowest BCUT2D eigenvalue weighted by molar-refractivity contribution is 0.415. The molecule has 1 heterocycles. The van der Waals surface area contributed by atoms with Crippen LogP contribution in [0.1, 0.15) is 0 Å². The Labute approximate surface area is 87.1 Å². The van der Waals surface area contributed by atoms with E-state index in [9.17, 15) is 4.79 Å². The molecule has 3 nitrogen and oxygen atoms in total. The molecule has 0 unspecified atom stereocenters. The Kier molecular flexibility index (Phi) is 3.14. The Balaban J connectivity index is 0.000000980. The summed E-state index contributed by atoms with van der Waals surface area (Å²) < 4.78 is 5.04. The van der Waals surface area contributed by atoms with Gasteiger partial charge in [0.25, 0.3) is 0 Å². The van der Waals surface area contributed by atoms with Crippen LogP contribution in [-0.4, -0.2) is 12.1 Å². The lowest BCUT2D eigenvalue weighted by Crippen LogP contribution is -2.02. The molecular formula is C10H10ClNO2. The number of nitrogens with one attached hydrogen (secondary N) is 1. The van der Waals surface area contributed by atoms with Crippen molar-refractivity contribution in [2.24, 2.45) is 0 Å². The number of hydrogen-bond acceptors (Lipinski definition) is 2. The highest BCUT2D eigenvalue weighted by molar-refractivity contribution is 5.85. The number of aromatic nitrogens is 1. The first kappa shape index (κ1) is 10.6. The van der Waals surface area contributed by atoms with Gasteiger partial charge < -0.3 is 9.72 Å². The molecule has 2 aromatic rings. The van der Waals surface area contributed by atoms with Gasteiger partial charge in [-0.1, -0.05) is 0 Å². The van der Waals surface area contributed by atoms with Crippen molar-refractivity contribution in [1.29, 1.82) is 0 Å². The molecule has 0 aliphatic carbocycles. The van der Waals surface area contributed by atoms with E-state index in [1.807, 2.05) is 12.1 Å². The highest BCUT2D eigenvalue weighted by Gasteiger charge is 1.95. The molecule has 0 saturated heterocycles. The molecule has 4 heteroatoms. The number of fused-ring (bicyclic) bond motifs is 1. The summed E-state index contributed by atoms with van der Waals surface area (Å²) in [4.78, 5) is 13.7. The van der Waals surface area contributed by atoms with E-state index in [1.165, 1.54) is 6.07 Å². The van der Waals surface area contributed by atoms with Crippen LogP contribution in [0.25, 0.3) is 10.9 Å². The highest BCUT2D eigenvalue weighted by Crippen LogP contribution is 2.16. The van der Waals surface area contributed by atoms with Crippen molar-refractivity contribution in [1.82, 2.24) is 4.98 Å². The van der Waals surface area contributed by atoms with Crippen LogP contribution < -0.4 is 10.3 Å². The minimum absolute atomic E-state index is 0. The fourth-order valence-electron chi connectivity index (χ4n) is 1.26. The molecule has 0 aliphatic rings. The van der Waals surface area contributed by atoms with Gasteiger partial charge in [-0.2, -0.15) is 0 Å². The summed E-state index contributed by atoms with van der Waals surface area (Å²) in [7, 11) is 1.60. The molecule has 0 spiro atoms. The van der Waals surface area contributed by atoms with Crippen molar-refractivity contribution in [3.63, 3.8) is 0 Å². The third kappa shape index (κ3) is 1.88. The SMILES string of the molecule is COc1ccc2ccc(=O)[nH]c2c1.Cl. The van der Waals surface area contributed by atoms with Crippen molar-refractivity contribution in [2.45, 2.75) is 0 Å². The van der Waals surface area contributed by atoms with Gasteiger partial charge in [0.2, 0.25) is 5.56 Å². The van der Waals surface area contributed by atoms with E-state index in [0.717, 1.165) is 16.7 Å². The number of aromatic amines is 1. The van der Waals surface area contributed by atoms with Gasteiger partial charge in [0, 0.05) is 12.1 Å². The molecule has 0 atom stereocenters. The molecule has 1 N–H and O–H groups in total. The van der Waals surface area contributed by atoms with E-state index in [4.69, 9.17) is 4.74 Å². The smallest absolute Gasteiger partial charge is 0.248 e. The molecule has 0 bridgehead atoms. The highest BCUT2D eigenvalue weighted by atomic mass is 35.5. The largest absolute Gasteiger partial charge is 0.497 e. The molecule has 0 fully saturated rings. The first-order valence-corrected chi connectivity index (χ1v) is 3.97. The molecule has 14 heavy (non-hydrogen) atoms. The summed E-state index contributed by atoms with van der Waals surface area (Å²) in [5.41, 5.74) is 0.701. The van der Waals surface area contributed by atoms with E-state index in [0.29, 0.717) is 0 Å². The first-order chi connectivity index (χ1) is 6.29. The van der Waals surface area contributed by atoms with Crippen LogP contribution in [0, 0.1) is 0 Å². The Morgan fingerprint density at radius 3 is 2.64 bits per heavy atom. The number of rotatable bonds is 1.